The van der Waals surface area contributed by atoms with E-state index in [9.17, 15) is 5.11 Å². The lowest BCUT2D eigenvalue weighted by atomic mass is 10.1. The number of aromatic hydroxyl groups is 1. The van der Waals surface area contributed by atoms with Crippen molar-refractivity contribution in [1.82, 2.24) is 4.98 Å². The van der Waals surface area contributed by atoms with Gasteiger partial charge >= 0.3 is 0 Å². The van der Waals surface area contributed by atoms with Crippen molar-refractivity contribution < 1.29 is 5.11 Å². The van der Waals surface area contributed by atoms with E-state index >= 15 is 0 Å². The molecule has 0 amide bonds. The molecule has 3 N–H and O–H groups in total. The average Bonchev–Trinajstić information content (AvgIpc) is 2.04. The van der Waals surface area contributed by atoms with Crippen LogP contribution in [0, 0.1) is 0 Å². The van der Waals surface area contributed by atoms with Gasteiger partial charge in [-0.05, 0) is 6.07 Å². The van der Waals surface area contributed by atoms with Crippen LogP contribution in [-0.2, 0) is 0 Å². The lowest BCUT2D eigenvalue weighted by Crippen LogP contribution is -1.88. The summed E-state index contributed by atoms with van der Waals surface area (Å²) in [6.07, 6.45) is 3.20. The van der Waals surface area contributed by atoms with Gasteiger partial charge in [0.15, 0.2) is 0 Å². The minimum Gasteiger partial charge on any atom is -0.507 e. The first-order valence-electron chi connectivity index (χ1n) is 3.60. The Kier molecular flexibility index (Phi) is 1.37. The van der Waals surface area contributed by atoms with Gasteiger partial charge in [0.05, 0.1) is 11.9 Å². The van der Waals surface area contributed by atoms with Gasteiger partial charge in [0.2, 0.25) is 0 Å². The maximum atomic E-state index is 9.44. The molecule has 0 spiro atoms. The Morgan fingerprint density at radius 2 is 2.08 bits per heavy atom. The van der Waals surface area contributed by atoms with Gasteiger partial charge in [-0.2, -0.15) is 0 Å². The fraction of sp³-hybridized carbons (Fsp3) is 0. The first-order chi connectivity index (χ1) is 5.79. The van der Waals surface area contributed by atoms with Crippen molar-refractivity contribution in [3.8, 4) is 5.75 Å². The van der Waals surface area contributed by atoms with E-state index in [1.165, 1.54) is 6.20 Å². The molecule has 0 radical (unpaired) electrons. The Bertz CT molecular complexity index is 389. The van der Waals surface area contributed by atoms with Crippen molar-refractivity contribution in [1.29, 1.82) is 0 Å². The van der Waals surface area contributed by atoms with E-state index in [1.807, 2.05) is 6.07 Å². The van der Waals surface area contributed by atoms with Gasteiger partial charge in [-0.15, -0.1) is 0 Å². The van der Waals surface area contributed by atoms with Crippen LogP contribution in [0.25, 0.3) is 10.8 Å². The Morgan fingerprint density at radius 1 is 1.25 bits per heavy atom. The molecule has 60 valence electrons. The predicted molar refractivity (Wildman–Crippen MR) is 47.8 cm³/mol. The Hall–Kier alpha value is -1.77. The fourth-order valence-corrected chi connectivity index (χ4v) is 1.24. The zero-order valence-corrected chi connectivity index (χ0v) is 6.36. The van der Waals surface area contributed by atoms with Crippen molar-refractivity contribution >= 4 is 16.5 Å². The van der Waals surface area contributed by atoms with Gasteiger partial charge in [-0.25, -0.2) is 0 Å². The molecule has 2 rings (SSSR count). The number of fused-ring (bicyclic) bond motifs is 1. The number of anilines is 1. The van der Waals surface area contributed by atoms with Crippen LogP contribution in [0.4, 0.5) is 5.69 Å². The van der Waals surface area contributed by atoms with E-state index in [4.69, 9.17) is 5.73 Å². The minimum atomic E-state index is 0.201. The molecule has 0 saturated carbocycles. The molecule has 0 atom stereocenters. The quantitative estimate of drug-likeness (QED) is 0.614. The molecule has 3 nitrogen and oxygen atoms in total. The summed E-state index contributed by atoms with van der Waals surface area (Å²) in [5.41, 5.74) is 6.14. The number of nitrogens with zero attached hydrogens (tertiary/aromatic N) is 1. The van der Waals surface area contributed by atoms with E-state index in [0.717, 1.165) is 5.39 Å². The number of hydrogen-bond donors (Lipinski definition) is 2. The summed E-state index contributed by atoms with van der Waals surface area (Å²) >= 11 is 0. The van der Waals surface area contributed by atoms with Crippen LogP contribution in [0.1, 0.15) is 0 Å². The highest BCUT2D eigenvalue weighted by atomic mass is 16.3. The van der Waals surface area contributed by atoms with Crippen molar-refractivity contribution in [2.45, 2.75) is 0 Å². The second-order valence-corrected chi connectivity index (χ2v) is 2.60. The van der Waals surface area contributed by atoms with Crippen LogP contribution in [0.5, 0.6) is 5.75 Å². The molecule has 0 unspecified atom stereocenters. The third-order valence-electron chi connectivity index (χ3n) is 1.79. The highest BCUT2D eigenvalue weighted by Gasteiger charge is 2.01. The number of phenols is 1. The molecule has 0 saturated heterocycles. The van der Waals surface area contributed by atoms with Gasteiger partial charge in [0.25, 0.3) is 0 Å². The van der Waals surface area contributed by atoms with Gasteiger partial charge in [0.1, 0.15) is 5.75 Å². The van der Waals surface area contributed by atoms with Crippen LogP contribution in [0.15, 0.2) is 30.6 Å². The van der Waals surface area contributed by atoms with E-state index in [-0.39, 0.29) is 5.75 Å². The zero-order chi connectivity index (χ0) is 8.55. The van der Waals surface area contributed by atoms with Gasteiger partial charge in [-0.1, -0.05) is 12.1 Å². The number of nitrogen functional groups attached to an aromatic ring is 1. The summed E-state index contributed by atoms with van der Waals surface area (Å²) in [7, 11) is 0. The first-order valence-corrected chi connectivity index (χ1v) is 3.60. The number of rotatable bonds is 0. The summed E-state index contributed by atoms with van der Waals surface area (Å²) in [5.74, 6) is 0.201. The third-order valence-corrected chi connectivity index (χ3v) is 1.79. The van der Waals surface area contributed by atoms with Crippen molar-refractivity contribution in [2.24, 2.45) is 0 Å². The lowest BCUT2D eigenvalue weighted by molar-refractivity contribution is 0.482. The van der Waals surface area contributed by atoms with E-state index < -0.39 is 0 Å². The highest BCUT2D eigenvalue weighted by Crippen LogP contribution is 2.27. The maximum Gasteiger partial charge on any atom is 0.125 e. The molecule has 1 heterocycles. The molecule has 0 bridgehead atoms. The number of nitrogens with two attached hydrogens (primary N) is 1. The predicted octanol–water partition coefficient (Wildman–Crippen LogP) is 1.52. The molecule has 1 aromatic carbocycles. The zero-order valence-electron chi connectivity index (χ0n) is 6.36. The fourth-order valence-electron chi connectivity index (χ4n) is 1.24. The molecule has 2 aromatic rings. The Balaban J connectivity index is 2.96. The summed E-state index contributed by atoms with van der Waals surface area (Å²) in [4.78, 5) is 3.92. The van der Waals surface area contributed by atoms with Crippen molar-refractivity contribution in [2.75, 3.05) is 5.73 Å². The van der Waals surface area contributed by atoms with E-state index in [2.05, 4.69) is 4.98 Å². The smallest absolute Gasteiger partial charge is 0.125 e. The first kappa shape index (κ1) is 6.91. The van der Waals surface area contributed by atoms with Crippen LogP contribution in [0.2, 0.25) is 0 Å². The summed E-state index contributed by atoms with van der Waals surface area (Å²) in [6, 6.07) is 5.23. The standard InChI is InChI=1S/C9H8N2O/c10-7-5-11-4-6-2-1-3-8(12)9(6)7/h1-5,12H,10H2. The van der Waals surface area contributed by atoms with E-state index in [0.29, 0.717) is 11.1 Å². The molecule has 12 heavy (non-hydrogen) atoms. The second kappa shape index (κ2) is 2.37. The number of phenolic OH excluding ortho intramolecular Hbond substituents is 1. The Morgan fingerprint density at radius 3 is 2.83 bits per heavy atom. The minimum absolute atomic E-state index is 0.201. The monoisotopic (exact) mass is 160 g/mol. The Labute approximate surface area is 69.5 Å². The van der Waals surface area contributed by atoms with E-state index in [1.54, 1.807) is 18.3 Å². The van der Waals surface area contributed by atoms with Gasteiger partial charge in [-0.3, -0.25) is 4.98 Å². The highest BCUT2D eigenvalue weighted by molar-refractivity contribution is 5.96. The number of benzene rings is 1. The third kappa shape index (κ3) is 0.871. The molecule has 0 fully saturated rings. The normalized spacial score (nSPS) is 10.3. The molecule has 3 heteroatoms. The second-order valence-electron chi connectivity index (χ2n) is 2.60. The summed E-state index contributed by atoms with van der Waals surface area (Å²) in [6.45, 7) is 0. The summed E-state index contributed by atoms with van der Waals surface area (Å²) < 4.78 is 0. The molecule has 0 aliphatic heterocycles. The molecule has 0 aliphatic rings. The molecular weight excluding hydrogens is 152 g/mol. The SMILES string of the molecule is Nc1cncc2cccc(O)c12. The maximum absolute atomic E-state index is 9.44. The summed E-state index contributed by atoms with van der Waals surface area (Å²) in [5, 5.41) is 11.0. The average molecular weight is 160 g/mol. The van der Waals surface area contributed by atoms with Crippen LogP contribution < -0.4 is 5.73 Å². The van der Waals surface area contributed by atoms with Gasteiger partial charge < -0.3 is 10.8 Å². The topological polar surface area (TPSA) is 59.1 Å². The number of hydrogen-bond acceptors (Lipinski definition) is 3. The number of pyridine rings is 1. The largest absolute Gasteiger partial charge is 0.507 e. The van der Waals surface area contributed by atoms with Crippen molar-refractivity contribution in [3.63, 3.8) is 0 Å². The molecule has 0 aliphatic carbocycles. The lowest BCUT2D eigenvalue weighted by Gasteiger charge is -2.01. The van der Waals surface area contributed by atoms with Crippen molar-refractivity contribution in [3.05, 3.63) is 30.6 Å². The van der Waals surface area contributed by atoms with Gasteiger partial charge in [0, 0.05) is 17.0 Å². The molecular formula is C9H8N2O. The molecule has 1 aromatic heterocycles. The van der Waals surface area contributed by atoms with Crippen LogP contribution >= 0.6 is 0 Å². The van der Waals surface area contributed by atoms with Crippen LogP contribution in [-0.4, -0.2) is 10.1 Å². The van der Waals surface area contributed by atoms with Crippen LogP contribution in [0.3, 0.4) is 0 Å². The number of aromatic nitrogens is 1.